The highest BCUT2D eigenvalue weighted by atomic mass is 16.5. The van der Waals surface area contributed by atoms with Crippen LogP contribution in [0.3, 0.4) is 0 Å². The third-order valence-corrected chi connectivity index (χ3v) is 3.52. The first kappa shape index (κ1) is 11.3. The number of fused-ring (bicyclic) bond motifs is 1. The number of hydrogen-bond acceptors (Lipinski definition) is 3. The summed E-state index contributed by atoms with van der Waals surface area (Å²) in [5.41, 5.74) is 3.49. The van der Waals surface area contributed by atoms with Gasteiger partial charge in [0.05, 0.1) is 12.3 Å². The minimum atomic E-state index is 0.398. The van der Waals surface area contributed by atoms with Crippen LogP contribution in [-0.4, -0.2) is 23.4 Å². The second-order valence-corrected chi connectivity index (χ2v) is 4.57. The van der Waals surface area contributed by atoms with Gasteiger partial charge < -0.3 is 10.1 Å². The number of ether oxygens (including phenoxy) is 1. The molecule has 3 rings (SSSR count). The molecule has 0 aliphatic carbocycles. The van der Waals surface area contributed by atoms with Crippen molar-refractivity contribution in [2.45, 2.75) is 12.5 Å². The number of nitrogens with zero attached hydrogens (tertiary/aromatic N) is 2. The van der Waals surface area contributed by atoms with Gasteiger partial charge in [-0.25, -0.2) is 0 Å². The second kappa shape index (κ2) is 4.46. The Morgan fingerprint density at radius 3 is 3.00 bits per heavy atom. The molecule has 4 heteroatoms. The van der Waals surface area contributed by atoms with Crippen LogP contribution < -0.4 is 10.1 Å². The van der Waals surface area contributed by atoms with E-state index < -0.39 is 0 Å². The van der Waals surface area contributed by atoms with Crippen molar-refractivity contribution in [2.75, 3.05) is 13.7 Å². The molecule has 1 N–H and O–H groups in total. The smallest absolute Gasteiger partial charge is 0.124 e. The molecule has 0 bridgehead atoms. The first-order chi connectivity index (χ1) is 8.79. The summed E-state index contributed by atoms with van der Waals surface area (Å²) in [5, 5.41) is 7.53. The molecule has 1 aromatic carbocycles. The van der Waals surface area contributed by atoms with Gasteiger partial charge in [-0.2, -0.15) is 5.10 Å². The summed E-state index contributed by atoms with van der Waals surface area (Å²) in [6.07, 6.45) is 2.83. The van der Waals surface area contributed by atoms with Crippen molar-refractivity contribution in [1.82, 2.24) is 15.1 Å². The minimum absolute atomic E-state index is 0.398. The Kier molecular flexibility index (Phi) is 2.80. The van der Waals surface area contributed by atoms with Crippen LogP contribution >= 0.6 is 0 Å². The molecule has 0 saturated heterocycles. The Balaban J connectivity index is 2.04. The number of aryl methyl sites for hydroxylation is 1. The zero-order chi connectivity index (χ0) is 12.5. The maximum atomic E-state index is 5.76. The zero-order valence-electron chi connectivity index (χ0n) is 10.7. The van der Waals surface area contributed by atoms with Crippen molar-refractivity contribution >= 4 is 0 Å². The Hall–Kier alpha value is -1.81. The van der Waals surface area contributed by atoms with E-state index >= 15 is 0 Å². The van der Waals surface area contributed by atoms with E-state index in [2.05, 4.69) is 28.6 Å². The summed E-state index contributed by atoms with van der Waals surface area (Å²) < 4.78 is 7.64. The molecule has 1 aromatic heterocycles. The molecule has 0 saturated carbocycles. The van der Waals surface area contributed by atoms with Gasteiger partial charge in [0.25, 0.3) is 0 Å². The summed E-state index contributed by atoms with van der Waals surface area (Å²) in [6, 6.07) is 8.80. The topological polar surface area (TPSA) is 39.1 Å². The molecule has 1 aliphatic heterocycles. The zero-order valence-corrected chi connectivity index (χ0v) is 10.7. The van der Waals surface area contributed by atoms with E-state index in [0.29, 0.717) is 6.04 Å². The fourth-order valence-corrected chi connectivity index (χ4v) is 2.51. The Bertz CT molecular complexity index is 562. The largest absolute Gasteiger partial charge is 0.493 e. The van der Waals surface area contributed by atoms with Gasteiger partial charge in [-0.05, 0) is 19.2 Å². The molecule has 4 nitrogen and oxygen atoms in total. The van der Waals surface area contributed by atoms with Crippen LogP contribution in [0, 0.1) is 0 Å². The van der Waals surface area contributed by atoms with E-state index in [9.17, 15) is 0 Å². The molecule has 2 aromatic rings. The maximum Gasteiger partial charge on any atom is 0.124 e. The third kappa shape index (κ3) is 1.78. The van der Waals surface area contributed by atoms with Crippen LogP contribution in [-0.2, 0) is 7.05 Å². The van der Waals surface area contributed by atoms with Crippen molar-refractivity contribution in [1.29, 1.82) is 0 Å². The lowest BCUT2D eigenvalue weighted by atomic mass is 9.98. The lowest BCUT2D eigenvalue weighted by Gasteiger charge is -2.26. The van der Waals surface area contributed by atoms with Crippen molar-refractivity contribution in [2.24, 2.45) is 7.05 Å². The molecule has 1 atom stereocenters. The SMILES string of the molecule is CN[C@@H]1CCOc2cc(-c3ccnn3C)ccc21. The van der Waals surface area contributed by atoms with Crippen LogP contribution in [0.2, 0.25) is 0 Å². The summed E-state index contributed by atoms with van der Waals surface area (Å²) in [6.45, 7) is 0.771. The standard InChI is InChI=1S/C14H17N3O/c1-15-12-6-8-18-14-9-10(3-4-11(12)14)13-5-7-16-17(13)2/h3-5,7,9,12,15H,6,8H2,1-2H3/t12-/m1/s1. The van der Waals surface area contributed by atoms with E-state index in [0.717, 1.165) is 30.0 Å². The van der Waals surface area contributed by atoms with Crippen LogP contribution in [0.4, 0.5) is 0 Å². The lowest BCUT2D eigenvalue weighted by Crippen LogP contribution is -2.23. The van der Waals surface area contributed by atoms with Crippen molar-refractivity contribution in [3.05, 3.63) is 36.0 Å². The molecule has 0 spiro atoms. The highest BCUT2D eigenvalue weighted by Gasteiger charge is 2.20. The van der Waals surface area contributed by atoms with Crippen LogP contribution in [0.15, 0.2) is 30.5 Å². The summed E-state index contributed by atoms with van der Waals surface area (Å²) in [4.78, 5) is 0. The first-order valence-electron chi connectivity index (χ1n) is 6.22. The number of nitrogens with one attached hydrogen (secondary N) is 1. The lowest BCUT2D eigenvalue weighted by molar-refractivity contribution is 0.257. The minimum Gasteiger partial charge on any atom is -0.493 e. The molecule has 1 aliphatic rings. The van der Waals surface area contributed by atoms with Gasteiger partial charge in [0.2, 0.25) is 0 Å². The van der Waals surface area contributed by atoms with Crippen LogP contribution in [0.1, 0.15) is 18.0 Å². The molecule has 0 fully saturated rings. The predicted octanol–water partition coefficient (Wildman–Crippen LogP) is 2.13. The fraction of sp³-hybridized carbons (Fsp3) is 0.357. The van der Waals surface area contributed by atoms with Gasteiger partial charge in [0.15, 0.2) is 0 Å². The molecular weight excluding hydrogens is 226 g/mol. The number of aromatic nitrogens is 2. The highest BCUT2D eigenvalue weighted by molar-refractivity contribution is 5.63. The predicted molar refractivity (Wildman–Crippen MR) is 70.6 cm³/mol. The highest BCUT2D eigenvalue weighted by Crippen LogP contribution is 2.35. The average Bonchev–Trinajstić information content (AvgIpc) is 2.83. The molecule has 0 unspecified atom stereocenters. The van der Waals surface area contributed by atoms with Gasteiger partial charge in [0.1, 0.15) is 5.75 Å². The van der Waals surface area contributed by atoms with Gasteiger partial charge in [-0.1, -0.05) is 12.1 Å². The Morgan fingerprint density at radius 1 is 1.39 bits per heavy atom. The quantitative estimate of drug-likeness (QED) is 0.878. The molecule has 94 valence electrons. The summed E-state index contributed by atoms with van der Waals surface area (Å²) in [7, 11) is 3.95. The van der Waals surface area contributed by atoms with E-state index in [4.69, 9.17) is 4.74 Å². The Labute approximate surface area is 107 Å². The molecule has 2 heterocycles. The molecule has 0 radical (unpaired) electrons. The van der Waals surface area contributed by atoms with Crippen LogP contribution in [0.5, 0.6) is 5.75 Å². The average molecular weight is 243 g/mol. The maximum absolute atomic E-state index is 5.76. The number of benzene rings is 1. The number of rotatable bonds is 2. The van der Waals surface area contributed by atoms with Crippen LogP contribution in [0.25, 0.3) is 11.3 Å². The van der Waals surface area contributed by atoms with E-state index in [1.165, 1.54) is 5.56 Å². The summed E-state index contributed by atoms with van der Waals surface area (Å²) >= 11 is 0. The molecule has 18 heavy (non-hydrogen) atoms. The fourth-order valence-electron chi connectivity index (χ4n) is 2.51. The van der Waals surface area contributed by atoms with E-state index in [1.807, 2.05) is 31.0 Å². The molecular formula is C14H17N3O. The van der Waals surface area contributed by atoms with Crippen molar-refractivity contribution in [3.63, 3.8) is 0 Å². The van der Waals surface area contributed by atoms with E-state index in [-0.39, 0.29) is 0 Å². The molecule has 0 amide bonds. The van der Waals surface area contributed by atoms with Crippen molar-refractivity contribution in [3.8, 4) is 17.0 Å². The van der Waals surface area contributed by atoms with E-state index in [1.54, 1.807) is 0 Å². The van der Waals surface area contributed by atoms with Gasteiger partial charge in [-0.15, -0.1) is 0 Å². The van der Waals surface area contributed by atoms with Gasteiger partial charge in [-0.3, -0.25) is 4.68 Å². The number of hydrogen-bond donors (Lipinski definition) is 1. The summed E-state index contributed by atoms with van der Waals surface area (Å²) in [5.74, 6) is 0.985. The van der Waals surface area contributed by atoms with Crippen molar-refractivity contribution < 1.29 is 4.74 Å². The normalized spacial score (nSPS) is 18.2. The van der Waals surface area contributed by atoms with Gasteiger partial charge >= 0.3 is 0 Å². The Morgan fingerprint density at radius 2 is 2.28 bits per heavy atom. The third-order valence-electron chi connectivity index (χ3n) is 3.52. The second-order valence-electron chi connectivity index (χ2n) is 4.57. The van der Waals surface area contributed by atoms with Gasteiger partial charge in [0, 0.05) is 36.8 Å². The monoisotopic (exact) mass is 243 g/mol. The first-order valence-corrected chi connectivity index (χ1v) is 6.22.